The van der Waals surface area contributed by atoms with Gasteiger partial charge in [-0.25, -0.2) is 15.0 Å². The van der Waals surface area contributed by atoms with Crippen LogP contribution in [0.25, 0.3) is 111 Å². The second kappa shape index (κ2) is 14.1. The Hall–Kier alpha value is -7.75. The maximum Gasteiger partial charge on any atom is 0.160 e. The maximum atomic E-state index is 5.56. The zero-order chi connectivity index (χ0) is 38.4. The van der Waals surface area contributed by atoms with Crippen LogP contribution in [0.15, 0.2) is 212 Å². The normalized spacial score (nSPS) is 11.4. The first kappa shape index (κ1) is 33.6. The van der Waals surface area contributed by atoms with Crippen LogP contribution in [0.1, 0.15) is 0 Å². The van der Waals surface area contributed by atoms with Gasteiger partial charge in [-0.05, 0) is 56.4 Å². The van der Waals surface area contributed by atoms with E-state index in [1.54, 1.807) is 0 Å². The van der Waals surface area contributed by atoms with E-state index in [2.05, 4.69) is 176 Å². The van der Waals surface area contributed by atoms with Gasteiger partial charge in [0.25, 0.3) is 0 Å². The van der Waals surface area contributed by atoms with Crippen LogP contribution in [0.3, 0.4) is 0 Å². The van der Waals surface area contributed by atoms with E-state index in [-0.39, 0.29) is 0 Å². The van der Waals surface area contributed by atoms with Gasteiger partial charge in [0.1, 0.15) is 0 Å². The van der Waals surface area contributed by atoms with E-state index in [9.17, 15) is 0 Å². The van der Waals surface area contributed by atoms with E-state index in [1.807, 2.05) is 36.4 Å². The zero-order valence-electron chi connectivity index (χ0n) is 31.5. The molecule has 0 atom stereocenters. The van der Waals surface area contributed by atoms with Crippen molar-refractivity contribution in [2.45, 2.75) is 0 Å². The summed E-state index contributed by atoms with van der Waals surface area (Å²) in [5, 5.41) is 8.42. The van der Waals surface area contributed by atoms with E-state index in [0.29, 0.717) is 5.82 Å². The van der Waals surface area contributed by atoms with Gasteiger partial charge in [0, 0.05) is 44.0 Å². The molecular formula is C55H35N3. The maximum absolute atomic E-state index is 5.56. The second-order valence-corrected chi connectivity index (χ2v) is 14.8. The summed E-state index contributed by atoms with van der Waals surface area (Å²) >= 11 is 0. The van der Waals surface area contributed by atoms with Crippen molar-refractivity contribution in [3.8, 4) is 67.4 Å². The van der Waals surface area contributed by atoms with Crippen molar-refractivity contribution in [2.24, 2.45) is 0 Å². The number of rotatable bonds is 6. The summed E-state index contributed by atoms with van der Waals surface area (Å²) in [7, 11) is 0. The number of hydrogen-bond donors (Lipinski definition) is 0. The summed E-state index contributed by atoms with van der Waals surface area (Å²) in [6.45, 7) is 0. The molecule has 3 heteroatoms. The van der Waals surface area contributed by atoms with Crippen LogP contribution < -0.4 is 0 Å². The number of pyridine rings is 1. The fourth-order valence-corrected chi connectivity index (χ4v) is 8.35. The van der Waals surface area contributed by atoms with Gasteiger partial charge in [0.2, 0.25) is 0 Å². The highest BCUT2D eigenvalue weighted by Crippen LogP contribution is 2.41. The van der Waals surface area contributed by atoms with E-state index in [0.717, 1.165) is 77.9 Å². The van der Waals surface area contributed by atoms with Crippen LogP contribution in [0.2, 0.25) is 0 Å². The summed E-state index contributed by atoms with van der Waals surface area (Å²) in [6, 6.07) is 75.2. The average molecular weight is 738 g/mol. The van der Waals surface area contributed by atoms with Gasteiger partial charge in [-0.2, -0.15) is 0 Å². The molecular weight excluding hydrogens is 703 g/mol. The summed E-state index contributed by atoms with van der Waals surface area (Å²) in [5.74, 6) is 0.710. The van der Waals surface area contributed by atoms with E-state index in [1.165, 1.54) is 26.9 Å². The minimum atomic E-state index is 0.710. The molecule has 0 spiro atoms. The quantitative estimate of drug-likeness (QED) is 0.160. The Kier molecular flexibility index (Phi) is 8.15. The monoisotopic (exact) mass is 737 g/mol. The predicted molar refractivity (Wildman–Crippen MR) is 242 cm³/mol. The van der Waals surface area contributed by atoms with Crippen LogP contribution in [0, 0.1) is 0 Å². The number of aromatic nitrogens is 3. The Balaban J connectivity index is 1.03. The first-order valence-corrected chi connectivity index (χ1v) is 19.7. The van der Waals surface area contributed by atoms with E-state index in [4.69, 9.17) is 15.0 Å². The molecule has 0 aliphatic rings. The standard InChI is InChI=1S/C55H35N3/c1-3-15-39(16-4-1)50-35-51(57-55(56-50)41-17-5-2-6-18-41)40-28-25-37(26-29-40)43-20-11-21-44(33-43)47-23-12-24-48-52-46-22-10-9-14-38(46)31-32-49(52)53(58-54(47)48)45-30-27-36-13-7-8-19-42(36)34-45/h1-35H. The van der Waals surface area contributed by atoms with E-state index < -0.39 is 0 Å². The topological polar surface area (TPSA) is 38.7 Å². The lowest BCUT2D eigenvalue weighted by Crippen LogP contribution is -1.95. The molecule has 3 nitrogen and oxygen atoms in total. The molecule has 0 saturated heterocycles. The lowest BCUT2D eigenvalue weighted by Gasteiger charge is -2.16. The third kappa shape index (κ3) is 5.98. The number of nitrogens with zero attached hydrogens (tertiary/aromatic N) is 3. The van der Waals surface area contributed by atoms with Crippen LogP contribution in [0.4, 0.5) is 0 Å². The molecule has 0 radical (unpaired) electrons. The number of benzene rings is 9. The molecule has 0 unspecified atom stereocenters. The fourth-order valence-electron chi connectivity index (χ4n) is 8.35. The molecule has 0 aliphatic heterocycles. The van der Waals surface area contributed by atoms with Gasteiger partial charge in [0.05, 0.1) is 22.6 Å². The molecule has 2 aromatic heterocycles. The zero-order valence-corrected chi connectivity index (χ0v) is 31.5. The highest BCUT2D eigenvalue weighted by Gasteiger charge is 2.17. The molecule has 58 heavy (non-hydrogen) atoms. The largest absolute Gasteiger partial charge is 0.246 e. The van der Waals surface area contributed by atoms with Gasteiger partial charge in [-0.3, -0.25) is 0 Å². The van der Waals surface area contributed by atoms with Gasteiger partial charge in [-0.15, -0.1) is 0 Å². The lowest BCUT2D eigenvalue weighted by atomic mass is 9.91. The summed E-state index contributed by atoms with van der Waals surface area (Å²) in [6.07, 6.45) is 0. The predicted octanol–water partition coefficient (Wildman–Crippen LogP) is 14.5. The second-order valence-electron chi connectivity index (χ2n) is 14.8. The molecule has 270 valence electrons. The summed E-state index contributed by atoms with van der Waals surface area (Å²) in [4.78, 5) is 15.6. The first-order valence-electron chi connectivity index (χ1n) is 19.7. The van der Waals surface area contributed by atoms with Crippen molar-refractivity contribution in [2.75, 3.05) is 0 Å². The lowest BCUT2D eigenvalue weighted by molar-refractivity contribution is 1.18. The first-order chi connectivity index (χ1) is 28.7. The van der Waals surface area contributed by atoms with Crippen molar-refractivity contribution in [3.63, 3.8) is 0 Å². The highest BCUT2D eigenvalue weighted by molar-refractivity contribution is 6.24. The van der Waals surface area contributed by atoms with Crippen molar-refractivity contribution in [1.82, 2.24) is 15.0 Å². The van der Waals surface area contributed by atoms with Crippen molar-refractivity contribution in [1.29, 1.82) is 0 Å². The molecule has 9 aromatic carbocycles. The Labute approximate surface area is 336 Å². The molecule has 11 aromatic rings. The van der Waals surface area contributed by atoms with Gasteiger partial charge >= 0.3 is 0 Å². The molecule has 0 bridgehead atoms. The minimum absolute atomic E-state index is 0.710. The highest BCUT2D eigenvalue weighted by atomic mass is 14.9. The van der Waals surface area contributed by atoms with Gasteiger partial charge in [0.15, 0.2) is 5.82 Å². The molecule has 0 N–H and O–H groups in total. The molecule has 0 saturated carbocycles. The molecule has 0 amide bonds. The van der Waals surface area contributed by atoms with Crippen molar-refractivity contribution < 1.29 is 0 Å². The minimum Gasteiger partial charge on any atom is -0.246 e. The molecule has 2 heterocycles. The Morgan fingerprint density at radius 1 is 0.276 bits per heavy atom. The Morgan fingerprint density at radius 2 is 0.845 bits per heavy atom. The number of hydrogen-bond acceptors (Lipinski definition) is 3. The Morgan fingerprint density at radius 3 is 1.64 bits per heavy atom. The van der Waals surface area contributed by atoms with Crippen LogP contribution in [-0.2, 0) is 0 Å². The third-order valence-electron chi connectivity index (χ3n) is 11.3. The van der Waals surface area contributed by atoms with Crippen molar-refractivity contribution >= 4 is 43.2 Å². The van der Waals surface area contributed by atoms with Crippen molar-refractivity contribution in [3.05, 3.63) is 212 Å². The average Bonchev–Trinajstić information content (AvgIpc) is 3.31. The Bertz CT molecular complexity index is 3260. The smallest absolute Gasteiger partial charge is 0.160 e. The van der Waals surface area contributed by atoms with Gasteiger partial charge in [-0.1, -0.05) is 194 Å². The van der Waals surface area contributed by atoms with Crippen LogP contribution in [-0.4, -0.2) is 15.0 Å². The molecule has 11 rings (SSSR count). The number of para-hydroxylation sites is 1. The van der Waals surface area contributed by atoms with Crippen LogP contribution >= 0.6 is 0 Å². The molecule has 0 fully saturated rings. The SMILES string of the molecule is c1ccc(-c2cc(-c3ccc(-c4cccc(-c5cccc6c5nc(-c5ccc7ccccc7c5)c5ccc7ccccc7c56)c4)cc3)nc(-c3ccccc3)n2)cc1. The molecule has 0 aliphatic carbocycles. The van der Waals surface area contributed by atoms with E-state index >= 15 is 0 Å². The summed E-state index contributed by atoms with van der Waals surface area (Å²) < 4.78 is 0. The van der Waals surface area contributed by atoms with Crippen LogP contribution in [0.5, 0.6) is 0 Å². The summed E-state index contributed by atoms with van der Waals surface area (Å²) in [5.41, 5.74) is 12.5. The fraction of sp³-hybridized carbons (Fsp3) is 0. The van der Waals surface area contributed by atoms with Gasteiger partial charge < -0.3 is 0 Å². The number of fused-ring (bicyclic) bond motifs is 6. The third-order valence-corrected chi connectivity index (χ3v) is 11.3.